The number of amides is 1. The zero-order valence-corrected chi connectivity index (χ0v) is 16.1. The highest BCUT2D eigenvalue weighted by Gasteiger charge is 2.27. The highest BCUT2D eigenvalue weighted by molar-refractivity contribution is 7.00. The molecule has 1 aromatic carbocycles. The second-order valence-electron chi connectivity index (χ2n) is 6.98. The average molecular weight is 407 g/mol. The number of piperidine rings is 1. The minimum atomic E-state index is -0.297. The van der Waals surface area contributed by atoms with Crippen LogP contribution in [0.1, 0.15) is 12.8 Å². The molecule has 1 aliphatic rings. The topological polar surface area (TPSA) is 117 Å². The SMILES string of the molecule is O=C(Nc1cc2ccccc2[nH]c1=O)C1CCN(c2ncnc3nsnc23)CC1. The molecule has 4 heterocycles. The minimum Gasteiger partial charge on any atom is -0.355 e. The van der Waals surface area contributed by atoms with E-state index < -0.39 is 0 Å². The second-order valence-corrected chi connectivity index (χ2v) is 7.51. The molecule has 1 aliphatic heterocycles. The first-order chi connectivity index (χ1) is 14.2. The molecule has 146 valence electrons. The lowest BCUT2D eigenvalue weighted by Gasteiger charge is -2.31. The maximum Gasteiger partial charge on any atom is 0.272 e. The quantitative estimate of drug-likeness (QED) is 0.534. The van der Waals surface area contributed by atoms with E-state index in [1.165, 1.54) is 6.33 Å². The first-order valence-electron chi connectivity index (χ1n) is 9.30. The summed E-state index contributed by atoms with van der Waals surface area (Å²) in [6.07, 6.45) is 2.82. The van der Waals surface area contributed by atoms with Crippen LogP contribution < -0.4 is 15.8 Å². The van der Waals surface area contributed by atoms with Crippen LogP contribution in [0.5, 0.6) is 0 Å². The number of aromatic amines is 1. The van der Waals surface area contributed by atoms with Gasteiger partial charge in [-0.1, -0.05) is 18.2 Å². The lowest BCUT2D eigenvalue weighted by molar-refractivity contribution is -0.120. The van der Waals surface area contributed by atoms with Crippen LogP contribution in [0.15, 0.2) is 41.5 Å². The fourth-order valence-electron chi connectivity index (χ4n) is 3.67. The van der Waals surface area contributed by atoms with Gasteiger partial charge in [0.1, 0.15) is 12.0 Å². The summed E-state index contributed by atoms with van der Waals surface area (Å²) in [4.78, 5) is 38.4. The van der Waals surface area contributed by atoms with Gasteiger partial charge in [-0.3, -0.25) is 9.59 Å². The van der Waals surface area contributed by atoms with Gasteiger partial charge in [0.25, 0.3) is 5.56 Å². The van der Waals surface area contributed by atoms with Crippen LogP contribution in [0.3, 0.4) is 0 Å². The zero-order chi connectivity index (χ0) is 19.8. The molecule has 1 amide bonds. The van der Waals surface area contributed by atoms with Gasteiger partial charge in [-0.25, -0.2) is 9.97 Å². The number of benzene rings is 1. The van der Waals surface area contributed by atoms with Gasteiger partial charge in [0, 0.05) is 29.9 Å². The zero-order valence-electron chi connectivity index (χ0n) is 15.3. The molecule has 1 fully saturated rings. The number of carbonyl (C=O) groups excluding carboxylic acids is 1. The molecule has 5 rings (SSSR count). The summed E-state index contributed by atoms with van der Waals surface area (Å²) < 4.78 is 8.43. The molecule has 0 bridgehead atoms. The van der Waals surface area contributed by atoms with Crippen LogP contribution in [0, 0.1) is 5.92 Å². The van der Waals surface area contributed by atoms with E-state index in [0.717, 1.165) is 28.4 Å². The van der Waals surface area contributed by atoms with Gasteiger partial charge in [-0.15, -0.1) is 0 Å². The van der Waals surface area contributed by atoms with Gasteiger partial charge >= 0.3 is 0 Å². The van der Waals surface area contributed by atoms with E-state index in [1.807, 2.05) is 24.3 Å². The average Bonchev–Trinajstić information content (AvgIpc) is 3.23. The Kier molecular flexibility index (Phi) is 4.39. The van der Waals surface area contributed by atoms with Crippen LogP contribution in [0.25, 0.3) is 22.1 Å². The van der Waals surface area contributed by atoms with Crippen molar-refractivity contribution in [1.29, 1.82) is 0 Å². The van der Waals surface area contributed by atoms with E-state index >= 15 is 0 Å². The van der Waals surface area contributed by atoms with Crippen molar-refractivity contribution in [3.8, 4) is 0 Å². The summed E-state index contributed by atoms with van der Waals surface area (Å²) in [5.74, 6) is 0.463. The van der Waals surface area contributed by atoms with Crippen molar-refractivity contribution >= 4 is 51.2 Å². The molecule has 9 nitrogen and oxygen atoms in total. The molecule has 0 unspecified atom stereocenters. The standard InChI is InChI=1S/C19H17N7O2S/c27-18(23-14-9-12-3-1-2-4-13(12)22-19(14)28)11-5-7-26(8-6-11)17-15-16(20-10-21-17)25-29-24-15/h1-4,9-11H,5-8H2,(H,22,28)(H,23,27). The van der Waals surface area contributed by atoms with Crippen molar-refractivity contribution in [1.82, 2.24) is 23.7 Å². The number of H-pyrrole nitrogens is 1. The van der Waals surface area contributed by atoms with Gasteiger partial charge in [0.15, 0.2) is 17.0 Å². The fraction of sp³-hybridized carbons (Fsp3) is 0.263. The molecule has 0 saturated carbocycles. The Morgan fingerprint density at radius 3 is 2.86 bits per heavy atom. The van der Waals surface area contributed by atoms with E-state index in [1.54, 1.807) is 6.07 Å². The molecule has 1 saturated heterocycles. The van der Waals surface area contributed by atoms with Crippen molar-refractivity contribution in [3.63, 3.8) is 0 Å². The summed E-state index contributed by atoms with van der Waals surface area (Å²) >= 11 is 1.11. The van der Waals surface area contributed by atoms with Crippen molar-refractivity contribution in [2.24, 2.45) is 5.92 Å². The molecule has 0 radical (unpaired) electrons. The largest absolute Gasteiger partial charge is 0.355 e. The molecule has 0 spiro atoms. The summed E-state index contributed by atoms with van der Waals surface area (Å²) in [5, 5.41) is 3.68. The second kappa shape index (κ2) is 7.21. The fourth-order valence-corrected chi connectivity index (χ4v) is 4.17. The Hall–Kier alpha value is -3.40. The normalized spacial score (nSPS) is 15.1. The third kappa shape index (κ3) is 3.31. The third-order valence-electron chi connectivity index (χ3n) is 5.22. The molecular weight excluding hydrogens is 390 g/mol. The molecule has 29 heavy (non-hydrogen) atoms. The van der Waals surface area contributed by atoms with Crippen LogP contribution in [0.2, 0.25) is 0 Å². The first-order valence-corrected chi connectivity index (χ1v) is 10.0. The van der Waals surface area contributed by atoms with Crippen LogP contribution in [-0.4, -0.2) is 42.7 Å². The molecular formula is C19H17N7O2S. The maximum absolute atomic E-state index is 12.7. The molecule has 0 aliphatic carbocycles. The number of carbonyl (C=O) groups is 1. The Balaban J connectivity index is 1.29. The maximum atomic E-state index is 12.7. The van der Waals surface area contributed by atoms with Crippen LogP contribution in [0.4, 0.5) is 11.5 Å². The summed E-state index contributed by atoms with van der Waals surface area (Å²) in [6.45, 7) is 1.35. The number of fused-ring (bicyclic) bond motifs is 2. The lowest BCUT2D eigenvalue weighted by atomic mass is 9.95. The van der Waals surface area contributed by atoms with E-state index in [2.05, 4.69) is 33.9 Å². The number of nitrogens with zero attached hydrogens (tertiary/aromatic N) is 5. The molecule has 10 heteroatoms. The van der Waals surface area contributed by atoms with Gasteiger partial charge < -0.3 is 15.2 Å². The Labute approximate surface area is 169 Å². The van der Waals surface area contributed by atoms with Gasteiger partial charge in [-0.2, -0.15) is 8.75 Å². The Bertz CT molecular complexity index is 1260. The molecule has 3 aromatic heterocycles. The summed E-state index contributed by atoms with van der Waals surface area (Å²) in [5.41, 5.74) is 2.02. The third-order valence-corrected chi connectivity index (χ3v) is 5.74. The van der Waals surface area contributed by atoms with E-state index in [-0.39, 0.29) is 23.1 Å². The van der Waals surface area contributed by atoms with Crippen LogP contribution >= 0.6 is 11.7 Å². The summed E-state index contributed by atoms with van der Waals surface area (Å²) in [6, 6.07) is 9.20. The first kappa shape index (κ1) is 17.7. The minimum absolute atomic E-state index is 0.131. The molecule has 4 aromatic rings. The number of para-hydroxylation sites is 1. The Morgan fingerprint density at radius 1 is 1.17 bits per heavy atom. The Morgan fingerprint density at radius 2 is 2.00 bits per heavy atom. The van der Waals surface area contributed by atoms with Crippen molar-refractivity contribution < 1.29 is 4.79 Å². The number of nitrogens with one attached hydrogen (secondary N) is 2. The number of anilines is 2. The highest BCUT2D eigenvalue weighted by Crippen LogP contribution is 2.27. The number of rotatable bonds is 3. The number of hydrogen-bond donors (Lipinski definition) is 2. The summed E-state index contributed by atoms with van der Waals surface area (Å²) in [7, 11) is 0. The van der Waals surface area contributed by atoms with Gasteiger partial charge in [-0.05, 0) is 25.0 Å². The van der Waals surface area contributed by atoms with Crippen molar-refractivity contribution in [3.05, 3.63) is 47.0 Å². The number of aromatic nitrogens is 5. The van der Waals surface area contributed by atoms with Crippen molar-refractivity contribution in [2.45, 2.75) is 12.8 Å². The van der Waals surface area contributed by atoms with Crippen LogP contribution in [-0.2, 0) is 4.79 Å². The van der Waals surface area contributed by atoms with E-state index in [4.69, 9.17) is 0 Å². The predicted molar refractivity (Wildman–Crippen MR) is 111 cm³/mol. The molecule has 0 atom stereocenters. The predicted octanol–water partition coefficient (Wildman–Crippen LogP) is 2.18. The van der Waals surface area contributed by atoms with E-state index in [9.17, 15) is 9.59 Å². The van der Waals surface area contributed by atoms with Gasteiger partial charge in [0.2, 0.25) is 5.91 Å². The number of hydrogen-bond acceptors (Lipinski definition) is 8. The van der Waals surface area contributed by atoms with Crippen molar-refractivity contribution in [2.75, 3.05) is 23.3 Å². The van der Waals surface area contributed by atoms with E-state index in [0.29, 0.717) is 37.1 Å². The highest BCUT2D eigenvalue weighted by atomic mass is 32.1. The smallest absolute Gasteiger partial charge is 0.272 e. The van der Waals surface area contributed by atoms with Gasteiger partial charge in [0.05, 0.1) is 11.7 Å². The monoisotopic (exact) mass is 407 g/mol. The lowest BCUT2D eigenvalue weighted by Crippen LogP contribution is -2.39. The number of pyridine rings is 1. The molecule has 2 N–H and O–H groups in total.